The van der Waals surface area contributed by atoms with Crippen molar-refractivity contribution in [3.05, 3.63) is 228 Å². The van der Waals surface area contributed by atoms with Gasteiger partial charge in [-0.05, 0) is 184 Å². The fraction of sp³-hybridized carbons (Fsp3) is 0.171. The fourth-order valence-electron chi connectivity index (χ4n) is 9.83. The number of imidazole rings is 4. The number of aliphatic hydroxyl groups is 2. The third kappa shape index (κ3) is 17.3. The van der Waals surface area contributed by atoms with Gasteiger partial charge in [0.1, 0.15) is 23.3 Å². The third-order valence-corrected chi connectivity index (χ3v) is 17.6. The topological polar surface area (TPSA) is 222 Å². The second-order valence-electron chi connectivity index (χ2n) is 20.8. The van der Waals surface area contributed by atoms with E-state index in [0.29, 0.717) is 36.9 Å². The molecule has 0 aliphatic carbocycles. The van der Waals surface area contributed by atoms with Crippen LogP contribution in [0.5, 0.6) is 0 Å². The Balaban J connectivity index is 0.000000153. The van der Waals surface area contributed by atoms with Crippen molar-refractivity contribution in [3.63, 3.8) is 0 Å². The Morgan fingerprint density at radius 2 is 0.760 bits per heavy atom. The molecule has 4 aromatic carbocycles. The number of rotatable bonds is 18. The van der Waals surface area contributed by atoms with Crippen LogP contribution < -0.4 is 0 Å². The zero-order valence-corrected chi connectivity index (χ0v) is 55.9. The van der Waals surface area contributed by atoms with E-state index in [4.69, 9.17) is 39.0 Å². The molecule has 8 aromatic heterocycles. The molecule has 0 spiro atoms. The first-order valence-corrected chi connectivity index (χ1v) is 32.4. The minimum Gasteiger partial charge on any atom is -0.465 e. The van der Waals surface area contributed by atoms with E-state index in [2.05, 4.69) is 39.9 Å². The highest BCUT2D eigenvalue weighted by molar-refractivity contribution is 8.01. The fourth-order valence-corrected chi connectivity index (χ4v) is 12.0. The van der Waals surface area contributed by atoms with Gasteiger partial charge in [0.2, 0.25) is 5.25 Å². The number of benzene rings is 4. The van der Waals surface area contributed by atoms with Gasteiger partial charge in [-0.3, -0.25) is 29.5 Å². The number of nitrogens with one attached hydrogen (secondary N) is 2. The van der Waals surface area contributed by atoms with Crippen LogP contribution in [0.25, 0.3) is 90.1 Å². The van der Waals surface area contributed by atoms with Crippen molar-refractivity contribution >= 4 is 59.9 Å². The van der Waals surface area contributed by atoms with Gasteiger partial charge in [0.25, 0.3) is 0 Å². The Labute approximate surface area is 568 Å². The molecule has 0 radical (unpaired) electrons. The molecule has 0 saturated heterocycles. The number of aromatic amines is 2. The van der Waals surface area contributed by atoms with Crippen LogP contribution in [0.1, 0.15) is 13.8 Å². The van der Waals surface area contributed by atoms with E-state index in [0.717, 1.165) is 90.6 Å². The summed E-state index contributed by atoms with van der Waals surface area (Å²) in [4.78, 5) is 56.7. The number of aliphatic hydroxyl groups excluding tert-OH is 2. The van der Waals surface area contributed by atoms with Crippen LogP contribution in [0, 0.1) is 32.8 Å². The number of carbonyl (C=O) groups is 2. The minimum absolute atomic E-state index is 0.138. The Morgan fingerprint density at radius 3 is 1.08 bits per heavy atom. The summed E-state index contributed by atoms with van der Waals surface area (Å²) in [6.07, 6.45) is 12.9. The molecular formula is C70H64F4N12O6S4. The number of nitrogens with zero attached hydrogens (tertiary/aromatic N) is 10. The second kappa shape index (κ2) is 33.4. The van der Waals surface area contributed by atoms with Crippen LogP contribution in [0.3, 0.4) is 0 Å². The Bertz CT molecular complexity index is 4500. The summed E-state index contributed by atoms with van der Waals surface area (Å²) in [5.74, 6) is -2.22. The summed E-state index contributed by atoms with van der Waals surface area (Å²) >= 11 is 12.9. The number of pyridine rings is 4. The molecule has 0 bridgehead atoms. The molecule has 1 atom stereocenters. The van der Waals surface area contributed by atoms with Crippen LogP contribution in [-0.4, -0.2) is 117 Å². The van der Waals surface area contributed by atoms with Crippen molar-refractivity contribution < 1.29 is 46.8 Å². The molecule has 0 aliphatic rings. The Kier molecular flexibility index (Phi) is 24.5. The van der Waals surface area contributed by atoms with Crippen molar-refractivity contribution in [1.82, 2.24) is 58.1 Å². The number of H-pyrrole nitrogens is 2. The number of ether oxygens (including phenoxy) is 2. The summed E-state index contributed by atoms with van der Waals surface area (Å²) in [7, 11) is 7.48. The van der Waals surface area contributed by atoms with Gasteiger partial charge >= 0.3 is 11.9 Å². The van der Waals surface area contributed by atoms with Crippen molar-refractivity contribution in [2.24, 2.45) is 28.2 Å². The lowest BCUT2D eigenvalue weighted by Gasteiger charge is -2.14. The normalized spacial score (nSPS) is 11.2. The molecule has 96 heavy (non-hydrogen) atoms. The molecule has 4 N–H and O–H groups in total. The van der Waals surface area contributed by atoms with E-state index in [1.165, 1.54) is 60.3 Å². The second-order valence-corrected chi connectivity index (χ2v) is 23.7. The highest BCUT2D eigenvalue weighted by Gasteiger charge is 2.34. The molecule has 0 saturated carbocycles. The molecular weight excluding hydrogens is 1310 g/mol. The van der Waals surface area contributed by atoms with Gasteiger partial charge < -0.3 is 47.9 Å². The molecule has 0 fully saturated rings. The summed E-state index contributed by atoms with van der Waals surface area (Å²) < 4.78 is 71.7. The predicted octanol–water partition coefficient (Wildman–Crippen LogP) is 14.5. The maximum Gasteiger partial charge on any atom is 0.331 e. The number of hydrogen-bond donors (Lipinski definition) is 4. The number of carbonyl (C=O) groups excluding carboxylic acids is 2. The van der Waals surface area contributed by atoms with Gasteiger partial charge in [-0.15, -0.1) is 0 Å². The molecule has 26 heteroatoms. The van der Waals surface area contributed by atoms with Crippen LogP contribution in [0.4, 0.5) is 17.6 Å². The van der Waals surface area contributed by atoms with Crippen LogP contribution >= 0.6 is 48.0 Å². The van der Waals surface area contributed by atoms with E-state index in [1.54, 1.807) is 124 Å². The maximum atomic E-state index is 13.5. The van der Waals surface area contributed by atoms with Crippen molar-refractivity contribution in [1.29, 1.82) is 0 Å². The summed E-state index contributed by atoms with van der Waals surface area (Å²) in [5, 5.41) is 18.5. The minimum atomic E-state index is -1.22. The average Bonchev–Trinajstić information content (AvgIpc) is 1.65. The first kappa shape index (κ1) is 70.4. The predicted molar refractivity (Wildman–Crippen MR) is 369 cm³/mol. The zero-order valence-electron chi connectivity index (χ0n) is 52.6. The van der Waals surface area contributed by atoms with Gasteiger partial charge in [0, 0.05) is 128 Å². The van der Waals surface area contributed by atoms with Crippen LogP contribution in [0.2, 0.25) is 0 Å². The van der Waals surface area contributed by atoms with E-state index in [-0.39, 0.29) is 43.1 Å². The number of thioether (sulfide) groups is 2. The van der Waals surface area contributed by atoms with Gasteiger partial charge in [0.05, 0.1) is 71.5 Å². The molecule has 492 valence electrons. The highest BCUT2D eigenvalue weighted by Crippen LogP contribution is 2.39. The van der Waals surface area contributed by atoms with Gasteiger partial charge in [-0.1, -0.05) is 23.5 Å². The molecule has 0 aliphatic heterocycles. The number of aromatic nitrogens is 12. The zero-order chi connectivity index (χ0) is 68.4. The smallest absolute Gasteiger partial charge is 0.331 e. The van der Waals surface area contributed by atoms with E-state index < -0.39 is 23.3 Å². The maximum absolute atomic E-state index is 13.5. The number of halogens is 4. The van der Waals surface area contributed by atoms with Crippen LogP contribution in [0.15, 0.2) is 205 Å². The number of hydrogen-bond acceptors (Lipinski definition) is 16. The summed E-state index contributed by atoms with van der Waals surface area (Å²) in [6.45, 7) is 3.32. The van der Waals surface area contributed by atoms with E-state index in [9.17, 15) is 32.3 Å². The van der Waals surface area contributed by atoms with Gasteiger partial charge in [-0.2, -0.15) is 0 Å². The Hall–Kier alpha value is -9.96. The molecule has 12 aromatic rings. The number of esters is 2. The van der Waals surface area contributed by atoms with Crippen LogP contribution in [-0.2, 0) is 47.3 Å². The van der Waals surface area contributed by atoms with Gasteiger partial charge in [-0.25, -0.2) is 27.5 Å². The van der Waals surface area contributed by atoms with E-state index in [1.807, 2.05) is 83.4 Å². The first-order valence-electron chi connectivity index (χ1n) is 29.7. The van der Waals surface area contributed by atoms with Gasteiger partial charge in [0.15, 0.2) is 19.9 Å². The average molecular weight is 1370 g/mol. The monoisotopic (exact) mass is 1370 g/mol. The summed E-state index contributed by atoms with van der Waals surface area (Å²) in [6, 6.07) is 40.0. The summed E-state index contributed by atoms with van der Waals surface area (Å²) in [5.41, 5.74) is 13.7. The first-order chi connectivity index (χ1) is 46.4. The lowest BCUT2D eigenvalue weighted by Crippen LogP contribution is -2.31. The molecule has 18 nitrogen and oxygen atoms in total. The quantitative estimate of drug-likeness (QED) is 0.0206. The standard InChI is InChI=1S/C22H22FN3O4S.C18H18FN3O2S.2C15H12FN3S/c1-4-29-20(27)19(21(28)30-5-2)31-22-25-17(14-6-8-16(23)9-7-14)18(26(22)3)15-10-12-24-13-11-15;1-22-17(13-6-8-20-9-7-13)16(12-2-4-14(19)5-3-12)21-18(22)25-11-15(24)10-23;2*1-19-14(11-6-8-17-9-7-11)13(18-15(19)20)10-2-4-12(16)5-3-10/h6-13,19H,4-5H2,1-3H3;2-9,15,23-24H,10-11H2,1H3;2*2-9H,1H3,(H,18,20). The van der Waals surface area contributed by atoms with E-state index >= 15 is 0 Å². The third-order valence-electron chi connectivity index (χ3n) is 14.5. The Morgan fingerprint density at radius 1 is 0.458 bits per heavy atom. The SMILES string of the molecule is CCOC(=O)C(Sc1nc(-c2ccc(F)cc2)c(-c2ccncc2)n1C)C(=O)OCC.Cn1c(-c2ccncc2)c(-c2ccc(F)cc2)[nH]c1=S.Cn1c(-c2ccncc2)c(-c2ccc(F)cc2)[nH]c1=S.Cn1c(SCC(O)CO)nc(-c2ccc(F)cc2)c1-c1ccncc1. The molecule has 0 amide bonds. The molecule has 8 heterocycles. The lowest BCUT2D eigenvalue weighted by atomic mass is 10.1. The largest absolute Gasteiger partial charge is 0.465 e. The lowest BCUT2D eigenvalue weighted by molar-refractivity contribution is -0.152. The molecule has 12 rings (SSSR count). The molecule has 1 unspecified atom stereocenters. The van der Waals surface area contributed by atoms with Crippen molar-refractivity contribution in [2.45, 2.75) is 35.5 Å². The van der Waals surface area contributed by atoms with Crippen molar-refractivity contribution in [3.8, 4) is 90.1 Å². The van der Waals surface area contributed by atoms with Crippen molar-refractivity contribution in [2.75, 3.05) is 25.6 Å². The highest BCUT2D eigenvalue weighted by atomic mass is 32.2.